The lowest BCUT2D eigenvalue weighted by atomic mass is 9.86. The monoisotopic (exact) mass is 581 g/mol. The van der Waals surface area contributed by atoms with Crippen LogP contribution in [0.3, 0.4) is 0 Å². The van der Waals surface area contributed by atoms with Gasteiger partial charge < -0.3 is 14.6 Å². The number of hydrogen-bond donors (Lipinski definition) is 2. The van der Waals surface area contributed by atoms with Crippen LogP contribution in [0.2, 0.25) is 0 Å². The minimum absolute atomic E-state index is 0.179. The molecule has 0 bridgehead atoms. The van der Waals surface area contributed by atoms with Gasteiger partial charge in [-0.15, -0.1) is 0 Å². The number of carbonyl (C=O) groups is 1. The Morgan fingerprint density at radius 2 is 1.83 bits per heavy atom. The van der Waals surface area contributed by atoms with Crippen molar-refractivity contribution in [3.05, 3.63) is 64.7 Å². The lowest BCUT2D eigenvalue weighted by Crippen LogP contribution is -2.20. The molecule has 2 heterocycles. The largest absolute Gasteiger partial charge is 0.492 e. The van der Waals surface area contributed by atoms with Gasteiger partial charge in [0.25, 0.3) is 5.91 Å². The van der Waals surface area contributed by atoms with E-state index in [2.05, 4.69) is 43.8 Å². The predicted molar refractivity (Wildman–Crippen MR) is 162 cm³/mol. The fraction of sp³-hybridized carbons (Fsp3) is 0.448. The molecule has 220 valence electrons. The highest BCUT2D eigenvalue weighted by atomic mass is 32.2. The smallest absolute Gasteiger partial charge is 0.255 e. The van der Waals surface area contributed by atoms with Gasteiger partial charge in [0.2, 0.25) is 10.0 Å². The first kappa shape index (κ1) is 30.0. The van der Waals surface area contributed by atoms with Crippen molar-refractivity contribution in [2.24, 2.45) is 17.4 Å². The Balaban J connectivity index is 1.62. The Morgan fingerprint density at radius 1 is 1.15 bits per heavy atom. The molecule has 0 spiro atoms. The Morgan fingerprint density at radius 3 is 2.41 bits per heavy atom. The minimum Gasteiger partial charge on any atom is -0.492 e. The van der Waals surface area contributed by atoms with E-state index in [1.54, 1.807) is 29.3 Å². The fourth-order valence-electron chi connectivity index (χ4n) is 4.82. The summed E-state index contributed by atoms with van der Waals surface area (Å²) in [7, 11) is -0.170. The molecule has 41 heavy (non-hydrogen) atoms. The van der Waals surface area contributed by atoms with Gasteiger partial charge in [0, 0.05) is 18.5 Å². The molecule has 0 saturated carbocycles. The van der Waals surface area contributed by atoms with Crippen molar-refractivity contribution in [1.29, 1.82) is 0 Å². The third-order valence-electron chi connectivity index (χ3n) is 7.01. The van der Waals surface area contributed by atoms with E-state index >= 15 is 0 Å². The first-order chi connectivity index (χ1) is 19.1. The van der Waals surface area contributed by atoms with Gasteiger partial charge in [-0.05, 0) is 47.7 Å². The van der Waals surface area contributed by atoms with E-state index in [0.29, 0.717) is 23.7 Å². The van der Waals surface area contributed by atoms with Crippen LogP contribution in [0.1, 0.15) is 79.6 Å². The van der Waals surface area contributed by atoms with Crippen LogP contribution in [-0.2, 0) is 22.5 Å². The fourth-order valence-corrected chi connectivity index (χ4v) is 5.37. The van der Waals surface area contributed by atoms with Crippen molar-refractivity contribution in [2.75, 3.05) is 35.0 Å². The van der Waals surface area contributed by atoms with E-state index in [0.717, 1.165) is 34.6 Å². The third kappa shape index (κ3) is 6.53. The summed E-state index contributed by atoms with van der Waals surface area (Å²) >= 11 is 0. The number of methoxy groups -OCH3 is 1. The molecule has 2 aromatic carbocycles. The number of nitrogens with zero attached hydrogens (tertiary/aromatic N) is 5. The first-order valence-corrected chi connectivity index (χ1v) is 15.3. The zero-order valence-electron chi connectivity index (χ0n) is 25.1. The number of hydrogen-bond acceptors (Lipinski definition) is 8. The van der Waals surface area contributed by atoms with Crippen LogP contribution in [0.4, 0.5) is 17.1 Å². The van der Waals surface area contributed by atoms with E-state index in [-0.39, 0.29) is 28.8 Å². The number of nitrogens with one attached hydrogen (secondary N) is 2. The molecule has 1 amide bonds. The summed E-state index contributed by atoms with van der Waals surface area (Å²) < 4.78 is 34.3. The second-order valence-electron chi connectivity index (χ2n) is 11.7. The third-order valence-corrected chi connectivity index (χ3v) is 7.61. The molecule has 0 aliphatic carbocycles. The SMILES string of the molecule is COc1c(NC(=O)c2ccc(C)c(N3CC(c4cnc(C(C)C)n4C)N=N3)c2)cc(C(C)(C)C)cc1NS(C)(=O)=O. The number of ether oxygens (including phenoxy) is 1. The first-order valence-electron chi connectivity index (χ1n) is 13.4. The molecular weight excluding hydrogens is 542 g/mol. The molecule has 11 nitrogen and oxygen atoms in total. The maximum absolute atomic E-state index is 13.5. The van der Waals surface area contributed by atoms with E-state index in [1.807, 2.05) is 47.0 Å². The number of sulfonamides is 1. The van der Waals surface area contributed by atoms with Gasteiger partial charge in [-0.1, -0.05) is 45.9 Å². The molecule has 1 unspecified atom stereocenters. The Bertz CT molecular complexity index is 1600. The highest BCUT2D eigenvalue weighted by Gasteiger charge is 2.28. The molecule has 4 rings (SSSR count). The summed E-state index contributed by atoms with van der Waals surface area (Å²) in [6, 6.07) is 8.74. The van der Waals surface area contributed by atoms with Crippen LogP contribution < -0.4 is 19.8 Å². The molecule has 1 aliphatic heterocycles. The van der Waals surface area contributed by atoms with Gasteiger partial charge >= 0.3 is 0 Å². The molecule has 0 saturated heterocycles. The average Bonchev–Trinajstić information content (AvgIpc) is 3.49. The van der Waals surface area contributed by atoms with Crippen molar-refractivity contribution >= 4 is 33.0 Å². The Kier molecular flexibility index (Phi) is 8.17. The molecule has 3 aromatic rings. The van der Waals surface area contributed by atoms with Gasteiger partial charge in [0.1, 0.15) is 11.9 Å². The Hall–Kier alpha value is -3.93. The van der Waals surface area contributed by atoms with E-state index in [1.165, 1.54) is 7.11 Å². The highest BCUT2D eigenvalue weighted by molar-refractivity contribution is 7.92. The zero-order valence-corrected chi connectivity index (χ0v) is 25.9. The van der Waals surface area contributed by atoms with Gasteiger partial charge in [-0.2, -0.15) is 5.11 Å². The number of rotatable bonds is 8. The normalized spacial score (nSPS) is 15.5. The zero-order chi connectivity index (χ0) is 30.3. The summed E-state index contributed by atoms with van der Waals surface area (Å²) in [6.45, 7) is 12.7. The van der Waals surface area contributed by atoms with Crippen LogP contribution in [0.5, 0.6) is 5.75 Å². The molecule has 12 heteroatoms. The number of anilines is 3. The second kappa shape index (κ2) is 11.2. The number of amides is 1. The maximum Gasteiger partial charge on any atom is 0.255 e. The number of imidazole rings is 1. The second-order valence-corrected chi connectivity index (χ2v) is 13.5. The lowest BCUT2D eigenvalue weighted by Gasteiger charge is -2.24. The van der Waals surface area contributed by atoms with E-state index < -0.39 is 10.0 Å². The standard InChI is InChI=1S/C29H39N7O4S/c1-17(2)27-30-15-25(35(27)7)23-16-36(34-32-23)24-12-19(11-10-18(24)3)28(37)31-21-13-20(29(4,5)6)14-22(26(21)40-8)33-41(9,38)39/h10-15,17,23,33H,16H2,1-9H3,(H,31,37). The number of carbonyl (C=O) groups excluding carboxylic acids is 1. The van der Waals surface area contributed by atoms with Crippen molar-refractivity contribution in [3.8, 4) is 5.75 Å². The van der Waals surface area contributed by atoms with Crippen molar-refractivity contribution in [3.63, 3.8) is 0 Å². The predicted octanol–water partition coefficient (Wildman–Crippen LogP) is 5.71. The number of aromatic nitrogens is 2. The van der Waals surface area contributed by atoms with Crippen LogP contribution in [0.25, 0.3) is 0 Å². The highest BCUT2D eigenvalue weighted by Crippen LogP contribution is 2.39. The summed E-state index contributed by atoms with van der Waals surface area (Å²) in [5, 5.41) is 13.6. The molecule has 1 aliphatic rings. The maximum atomic E-state index is 13.5. The van der Waals surface area contributed by atoms with Gasteiger partial charge in [-0.3, -0.25) is 9.52 Å². The summed E-state index contributed by atoms with van der Waals surface area (Å²) in [5.41, 5.74) is 4.22. The quantitative estimate of drug-likeness (QED) is 0.350. The minimum atomic E-state index is -3.59. The molecule has 1 atom stereocenters. The van der Waals surface area contributed by atoms with Gasteiger partial charge in [0.15, 0.2) is 5.75 Å². The number of benzene rings is 2. The van der Waals surface area contributed by atoms with Crippen LogP contribution in [0.15, 0.2) is 46.9 Å². The topological polar surface area (TPSA) is 130 Å². The molecule has 0 fully saturated rings. The van der Waals surface area contributed by atoms with Crippen molar-refractivity contribution < 1.29 is 17.9 Å². The van der Waals surface area contributed by atoms with E-state index in [9.17, 15) is 13.2 Å². The Labute approximate surface area is 242 Å². The number of aryl methyl sites for hydroxylation is 1. The van der Waals surface area contributed by atoms with E-state index in [4.69, 9.17) is 4.74 Å². The van der Waals surface area contributed by atoms with Crippen molar-refractivity contribution in [1.82, 2.24) is 9.55 Å². The lowest BCUT2D eigenvalue weighted by molar-refractivity contribution is 0.102. The molecule has 1 aromatic heterocycles. The van der Waals surface area contributed by atoms with Gasteiger partial charge in [0.05, 0.1) is 48.9 Å². The van der Waals surface area contributed by atoms with Gasteiger partial charge in [-0.25, -0.2) is 18.4 Å². The van der Waals surface area contributed by atoms with Crippen LogP contribution in [0, 0.1) is 6.92 Å². The molecule has 2 N–H and O–H groups in total. The summed E-state index contributed by atoms with van der Waals surface area (Å²) in [6.07, 6.45) is 2.92. The molecular formula is C29H39N7O4S. The summed E-state index contributed by atoms with van der Waals surface area (Å²) in [5.74, 6) is 1.13. The van der Waals surface area contributed by atoms with Crippen LogP contribution >= 0.6 is 0 Å². The summed E-state index contributed by atoms with van der Waals surface area (Å²) in [4.78, 5) is 18.1. The average molecular weight is 582 g/mol. The molecule has 0 radical (unpaired) electrons. The van der Waals surface area contributed by atoms with Crippen molar-refractivity contribution in [2.45, 2.75) is 58.9 Å². The van der Waals surface area contributed by atoms with Crippen LogP contribution in [-0.4, -0.2) is 43.8 Å².